The van der Waals surface area contributed by atoms with Gasteiger partial charge in [0.1, 0.15) is 11.6 Å². The Kier molecular flexibility index (Phi) is 6.40. The number of benzene rings is 2. The molecular formula is C21H24N4O. The number of nitriles is 1. The maximum atomic E-state index is 12.5. The quantitative estimate of drug-likeness (QED) is 0.602. The van der Waals surface area contributed by atoms with Gasteiger partial charge >= 0.3 is 0 Å². The summed E-state index contributed by atoms with van der Waals surface area (Å²) in [6.45, 7) is 4.12. The molecular weight excluding hydrogens is 324 g/mol. The zero-order valence-corrected chi connectivity index (χ0v) is 15.6. The Labute approximate surface area is 154 Å². The summed E-state index contributed by atoms with van der Waals surface area (Å²) in [6, 6.07) is 17.3. The van der Waals surface area contributed by atoms with Gasteiger partial charge in [-0.05, 0) is 35.7 Å². The van der Waals surface area contributed by atoms with Crippen LogP contribution in [-0.2, 0) is 4.79 Å². The predicted octanol–water partition coefficient (Wildman–Crippen LogP) is 4.33. The van der Waals surface area contributed by atoms with Gasteiger partial charge in [-0.1, -0.05) is 38.1 Å². The average Bonchev–Trinajstić information content (AvgIpc) is 2.62. The Bertz CT molecular complexity index is 847. The number of nitrogens with one attached hydrogen (secondary N) is 2. The lowest BCUT2D eigenvalue weighted by Gasteiger charge is -2.14. The third kappa shape index (κ3) is 4.87. The topological polar surface area (TPSA) is 68.2 Å². The highest BCUT2D eigenvalue weighted by atomic mass is 16.1. The van der Waals surface area contributed by atoms with E-state index in [1.54, 1.807) is 0 Å². The summed E-state index contributed by atoms with van der Waals surface area (Å²) >= 11 is 0. The number of carbonyl (C=O) groups excluding carboxylic acids is 1. The smallest absolute Gasteiger partial charge is 0.267 e. The zero-order valence-electron chi connectivity index (χ0n) is 15.6. The fraction of sp³-hybridized carbons (Fsp3) is 0.238. The first-order chi connectivity index (χ1) is 12.4. The summed E-state index contributed by atoms with van der Waals surface area (Å²) in [6.07, 6.45) is 1.43. The number of rotatable bonds is 6. The molecule has 5 nitrogen and oxygen atoms in total. The number of anilines is 3. The second-order valence-electron chi connectivity index (χ2n) is 6.45. The fourth-order valence-corrected chi connectivity index (χ4v) is 2.48. The van der Waals surface area contributed by atoms with E-state index < -0.39 is 5.91 Å². The van der Waals surface area contributed by atoms with E-state index in [2.05, 4.69) is 24.5 Å². The van der Waals surface area contributed by atoms with Gasteiger partial charge in [0.25, 0.3) is 5.91 Å². The molecule has 26 heavy (non-hydrogen) atoms. The van der Waals surface area contributed by atoms with E-state index in [9.17, 15) is 10.1 Å². The normalized spacial score (nSPS) is 11.0. The van der Waals surface area contributed by atoms with Gasteiger partial charge < -0.3 is 15.5 Å². The molecule has 2 rings (SSSR count). The molecule has 2 aromatic rings. The van der Waals surface area contributed by atoms with Crippen molar-refractivity contribution in [3.05, 3.63) is 65.9 Å². The molecule has 0 saturated carbocycles. The van der Waals surface area contributed by atoms with Crippen LogP contribution in [0.5, 0.6) is 0 Å². The van der Waals surface area contributed by atoms with Crippen LogP contribution < -0.4 is 15.5 Å². The molecule has 1 amide bonds. The van der Waals surface area contributed by atoms with Gasteiger partial charge in [0.15, 0.2) is 0 Å². The molecule has 0 aliphatic carbocycles. The molecule has 5 heteroatoms. The van der Waals surface area contributed by atoms with Gasteiger partial charge in [0, 0.05) is 37.4 Å². The van der Waals surface area contributed by atoms with Crippen LogP contribution in [0.25, 0.3) is 0 Å². The van der Waals surface area contributed by atoms with Crippen molar-refractivity contribution in [2.75, 3.05) is 29.6 Å². The Morgan fingerprint density at radius 3 is 2.54 bits per heavy atom. The maximum Gasteiger partial charge on any atom is 0.267 e. The van der Waals surface area contributed by atoms with Crippen LogP contribution in [0.1, 0.15) is 25.3 Å². The lowest BCUT2D eigenvalue weighted by molar-refractivity contribution is -0.112. The minimum atomic E-state index is -0.433. The largest absolute Gasteiger partial charge is 0.378 e. The fourth-order valence-electron chi connectivity index (χ4n) is 2.48. The monoisotopic (exact) mass is 348 g/mol. The SMILES string of the molecule is CC(C)c1ccccc1NC(=O)/C(C#N)=C\Nc1cccc(N(C)C)c1. The van der Waals surface area contributed by atoms with Crippen molar-refractivity contribution in [3.8, 4) is 6.07 Å². The second kappa shape index (κ2) is 8.72. The number of hydrogen-bond acceptors (Lipinski definition) is 4. The van der Waals surface area contributed by atoms with Gasteiger partial charge in [-0.25, -0.2) is 0 Å². The van der Waals surface area contributed by atoms with Crippen LogP contribution in [0.15, 0.2) is 60.3 Å². The molecule has 0 radical (unpaired) electrons. The predicted molar refractivity (Wildman–Crippen MR) is 107 cm³/mol. The van der Waals surface area contributed by atoms with E-state index in [-0.39, 0.29) is 11.5 Å². The Morgan fingerprint density at radius 1 is 1.15 bits per heavy atom. The molecule has 0 aliphatic rings. The van der Waals surface area contributed by atoms with Crippen molar-refractivity contribution >= 4 is 23.0 Å². The number of carbonyl (C=O) groups is 1. The lowest BCUT2D eigenvalue weighted by Crippen LogP contribution is -2.16. The molecule has 0 fully saturated rings. The standard InChI is InChI=1S/C21H24N4O/c1-15(2)19-10-5-6-11-20(19)24-21(26)16(13-22)14-23-17-8-7-9-18(12-17)25(3)4/h5-12,14-15,23H,1-4H3,(H,24,26)/b16-14-. The van der Waals surface area contributed by atoms with E-state index in [0.717, 1.165) is 22.6 Å². The molecule has 134 valence electrons. The van der Waals surface area contributed by atoms with Crippen molar-refractivity contribution in [2.45, 2.75) is 19.8 Å². The number of para-hydroxylation sites is 1. The van der Waals surface area contributed by atoms with Gasteiger partial charge in [-0.2, -0.15) is 5.26 Å². The van der Waals surface area contributed by atoms with Crippen molar-refractivity contribution in [1.29, 1.82) is 5.26 Å². The van der Waals surface area contributed by atoms with Crippen LogP contribution in [-0.4, -0.2) is 20.0 Å². The third-order valence-corrected chi connectivity index (χ3v) is 3.94. The zero-order chi connectivity index (χ0) is 19.1. The van der Waals surface area contributed by atoms with Gasteiger partial charge in [0.05, 0.1) is 0 Å². The second-order valence-corrected chi connectivity index (χ2v) is 6.45. The molecule has 0 bridgehead atoms. The summed E-state index contributed by atoms with van der Waals surface area (Å²) in [4.78, 5) is 14.4. The van der Waals surface area contributed by atoms with Crippen LogP contribution in [0.2, 0.25) is 0 Å². The first kappa shape index (κ1) is 19.1. The minimum Gasteiger partial charge on any atom is -0.378 e. The summed E-state index contributed by atoms with van der Waals surface area (Å²) in [5.41, 5.74) is 3.60. The molecule has 2 N–H and O–H groups in total. The Balaban J connectivity index is 2.15. The van der Waals surface area contributed by atoms with E-state index in [1.807, 2.05) is 73.6 Å². The Morgan fingerprint density at radius 2 is 1.88 bits per heavy atom. The highest BCUT2D eigenvalue weighted by Crippen LogP contribution is 2.24. The van der Waals surface area contributed by atoms with Crippen molar-refractivity contribution in [2.24, 2.45) is 0 Å². The molecule has 0 atom stereocenters. The highest BCUT2D eigenvalue weighted by molar-refractivity contribution is 6.07. The van der Waals surface area contributed by atoms with E-state index >= 15 is 0 Å². The minimum absolute atomic E-state index is 0.0128. The van der Waals surface area contributed by atoms with Crippen molar-refractivity contribution in [3.63, 3.8) is 0 Å². The molecule has 0 heterocycles. The summed E-state index contributed by atoms with van der Waals surface area (Å²) in [7, 11) is 3.91. The number of nitrogens with zero attached hydrogens (tertiary/aromatic N) is 2. The van der Waals surface area contributed by atoms with Crippen molar-refractivity contribution in [1.82, 2.24) is 0 Å². The summed E-state index contributed by atoms with van der Waals surface area (Å²) < 4.78 is 0. The van der Waals surface area contributed by atoms with Gasteiger partial charge in [-0.3, -0.25) is 4.79 Å². The summed E-state index contributed by atoms with van der Waals surface area (Å²) in [5, 5.41) is 15.2. The molecule has 0 spiro atoms. The third-order valence-electron chi connectivity index (χ3n) is 3.94. The van der Waals surface area contributed by atoms with Gasteiger partial charge in [0.2, 0.25) is 0 Å². The molecule has 2 aromatic carbocycles. The molecule has 0 aromatic heterocycles. The molecule has 0 aliphatic heterocycles. The number of amides is 1. The van der Waals surface area contributed by atoms with Crippen LogP contribution in [0, 0.1) is 11.3 Å². The maximum absolute atomic E-state index is 12.5. The van der Waals surface area contributed by atoms with E-state index in [4.69, 9.17) is 0 Å². The van der Waals surface area contributed by atoms with Crippen LogP contribution >= 0.6 is 0 Å². The first-order valence-corrected chi connectivity index (χ1v) is 8.47. The van der Waals surface area contributed by atoms with Crippen LogP contribution in [0.3, 0.4) is 0 Å². The van der Waals surface area contributed by atoms with E-state index in [1.165, 1.54) is 6.20 Å². The summed E-state index contributed by atoms with van der Waals surface area (Å²) in [5.74, 6) is -0.162. The highest BCUT2D eigenvalue weighted by Gasteiger charge is 2.13. The lowest BCUT2D eigenvalue weighted by atomic mass is 10.0. The van der Waals surface area contributed by atoms with E-state index in [0.29, 0.717) is 0 Å². The van der Waals surface area contributed by atoms with Crippen molar-refractivity contribution < 1.29 is 4.79 Å². The van der Waals surface area contributed by atoms with Gasteiger partial charge in [-0.15, -0.1) is 0 Å². The first-order valence-electron chi connectivity index (χ1n) is 8.47. The number of hydrogen-bond donors (Lipinski definition) is 2. The Hall–Kier alpha value is -3.26. The van der Waals surface area contributed by atoms with Crippen LogP contribution in [0.4, 0.5) is 17.1 Å². The molecule has 0 saturated heterocycles. The molecule has 0 unspecified atom stereocenters. The average molecular weight is 348 g/mol.